The van der Waals surface area contributed by atoms with Gasteiger partial charge in [0.25, 0.3) is 0 Å². The number of nitrogens with zero attached hydrogens (tertiary/aromatic N) is 2. The lowest BCUT2D eigenvalue weighted by Crippen LogP contribution is -2.40. The molecule has 152 valence electrons. The van der Waals surface area contributed by atoms with Crippen LogP contribution in [0.1, 0.15) is 29.2 Å². The molecule has 1 heterocycles. The van der Waals surface area contributed by atoms with Crippen LogP contribution in [-0.2, 0) is 17.8 Å². The Bertz CT molecular complexity index is 809. The van der Waals surface area contributed by atoms with Crippen molar-refractivity contribution in [2.24, 2.45) is 10.7 Å². The van der Waals surface area contributed by atoms with Crippen molar-refractivity contribution in [3.63, 3.8) is 0 Å². The van der Waals surface area contributed by atoms with Crippen LogP contribution < -0.4 is 11.1 Å². The summed E-state index contributed by atoms with van der Waals surface area (Å²) in [5.74, 6) is 0.436. The van der Waals surface area contributed by atoms with Crippen molar-refractivity contribution in [3.05, 3.63) is 64.7 Å². The Hall–Kier alpha value is -1.64. The minimum absolute atomic E-state index is 0. The molecule has 6 heteroatoms. The molecule has 0 radical (unpaired) electrons. The lowest BCUT2D eigenvalue weighted by Gasteiger charge is -2.31. The van der Waals surface area contributed by atoms with Gasteiger partial charge >= 0.3 is 0 Å². The van der Waals surface area contributed by atoms with Crippen LogP contribution in [0, 0.1) is 13.8 Å². The van der Waals surface area contributed by atoms with Crippen LogP contribution in [0.25, 0.3) is 0 Å². The van der Waals surface area contributed by atoms with E-state index in [0.29, 0.717) is 18.6 Å². The second kappa shape index (κ2) is 10.8. The SMILES string of the molecule is Cc1ccc(NC(N)=NCc2cccc(CN3CCOC(C)C3)c2)cc1C.I. The van der Waals surface area contributed by atoms with E-state index in [9.17, 15) is 0 Å². The first kappa shape index (κ1) is 22.6. The third-order valence-corrected chi connectivity index (χ3v) is 4.93. The van der Waals surface area contributed by atoms with Gasteiger partial charge in [-0.15, -0.1) is 24.0 Å². The number of hydrogen-bond acceptors (Lipinski definition) is 3. The summed E-state index contributed by atoms with van der Waals surface area (Å²) in [7, 11) is 0. The first-order valence-electron chi connectivity index (χ1n) is 9.55. The molecule has 1 atom stereocenters. The average Bonchev–Trinajstić information content (AvgIpc) is 2.63. The van der Waals surface area contributed by atoms with E-state index >= 15 is 0 Å². The van der Waals surface area contributed by atoms with Crippen LogP contribution in [0.4, 0.5) is 5.69 Å². The molecule has 0 bridgehead atoms. The maximum atomic E-state index is 6.06. The molecule has 0 saturated carbocycles. The molecule has 0 spiro atoms. The van der Waals surface area contributed by atoms with Crippen molar-refractivity contribution in [2.45, 2.75) is 40.0 Å². The van der Waals surface area contributed by atoms with Gasteiger partial charge in [0.2, 0.25) is 0 Å². The fourth-order valence-electron chi connectivity index (χ4n) is 3.30. The number of guanidine groups is 1. The monoisotopic (exact) mass is 494 g/mol. The van der Waals surface area contributed by atoms with Crippen LogP contribution in [0.5, 0.6) is 0 Å². The van der Waals surface area contributed by atoms with Crippen LogP contribution >= 0.6 is 24.0 Å². The van der Waals surface area contributed by atoms with E-state index in [2.05, 4.69) is 72.4 Å². The summed E-state index contributed by atoms with van der Waals surface area (Å²) in [6, 6.07) is 14.8. The normalized spacial score (nSPS) is 17.8. The molecule has 0 aliphatic carbocycles. The van der Waals surface area contributed by atoms with E-state index in [0.717, 1.165) is 31.9 Å². The predicted molar refractivity (Wildman–Crippen MR) is 127 cm³/mol. The van der Waals surface area contributed by atoms with Gasteiger partial charge < -0.3 is 15.8 Å². The molecule has 3 rings (SSSR count). The summed E-state index contributed by atoms with van der Waals surface area (Å²) < 4.78 is 5.62. The van der Waals surface area contributed by atoms with Crippen LogP contribution in [0.2, 0.25) is 0 Å². The van der Waals surface area contributed by atoms with Crippen LogP contribution in [0.15, 0.2) is 47.5 Å². The molecular weight excluding hydrogens is 463 g/mol. The molecule has 3 N–H and O–H groups in total. The number of halogens is 1. The Labute approximate surface area is 185 Å². The molecule has 1 aliphatic heterocycles. The lowest BCUT2D eigenvalue weighted by molar-refractivity contribution is -0.0212. The van der Waals surface area contributed by atoms with E-state index in [1.165, 1.54) is 22.3 Å². The second-order valence-corrected chi connectivity index (χ2v) is 7.36. The minimum atomic E-state index is 0. The number of hydrogen-bond donors (Lipinski definition) is 2. The fourth-order valence-corrected chi connectivity index (χ4v) is 3.30. The largest absolute Gasteiger partial charge is 0.376 e. The molecule has 5 nitrogen and oxygen atoms in total. The van der Waals surface area contributed by atoms with Gasteiger partial charge in [0.05, 0.1) is 19.3 Å². The third kappa shape index (κ3) is 6.76. The van der Waals surface area contributed by atoms with Gasteiger partial charge in [0, 0.05) is 25.3 Å². The van der Waals surface area contributed by atoms with Gasteiger partial charge in [0.15, 0.2) is 5.96 Å². The number of ether oxygens (including phenoxy) is 1. The van der Waals surface area contributed by atoms with Crippen molar-refractivity contribution in [3.8, 4) is 0 Å². The van der Waals surface area contributed by atoms with Gasteiger partial charge in [-0.3, -0.25) is 4.90 Å². The molecular formula is C22H31IN4O. The topological polar surface area (TPSA) is 62.9 Å². The van der Waals surface area contributed by atoms with E-state index in [1.807, 2.05) is 6.07 Å². The number of aliphatic imine (C=N–C) groups is 1. The second-order valence-electron chi connectivity index (χ2n) is 7.36. The maximum Gasteiger partial charge on any atom is 0.193 e. The smallest absolute Gasteiger partial charge is 0.193 e. The Morgan fingerprint density at radius 1 is 1.18 bits per heavy atom. The molecule has 0 amide bonds. The van der Waals surface area contributed by atoms with Gasteiger partial charge in [-0.05, 0) is 55.2 Å². The quantitative estimate of drug-likeness (QED) is 0.374. The van der Waals surface area contributed by atoms with Crippen LogP contribution in [0.3, 0.4) is 0 Å². The van der Waals surface area contributed by atoms with Gasteiger partial charge in [-0.25, -0.2) is 4.99 Å². The predicted octanol–water partition coefficient (Wildman–Crippen LogP) is 4.07. The van der Waals surface area contributed by atoms with E-state index in [1.54, 1.807) is 0 Å². The fraction of sp³-hybridized carbons (Fsp3) is 0.409. The van der Waals surface area contributed by atoms with E-state index in [4.69, 9.17) is 10.5 Å². The van der Waals surface area contributed by atoms with Crippen molar-refractivity contribution in [1.29, 1.82) is 0 Å². The molecule has 1 saturated heterocycles. The molecule has 28 heavy (non-hydrogen) atoms. The van der Waals surface area contributed by atoms with Gasteiger partial charge in [-0.1, -0.05) is 30.3 Å². The van der Waals surface area contributed by atoms with Crippen molar-refractivity contribution >= 4 is 35.6 Å². The summed E-state index contributed by atoms with van der Waals surface area (Å²) in [6.45, 7) is 10.6. The summed E-state index contributed by atoms with van der Waals surface area (Å²) >= 11 is 0. The zero-order chi connectivity index (χ0) is 19.2. The maximum absolute atomic E-state index is 6.06. The molecule has 1 fully saturated rings. The van der Waals surface area contributed by atoms with E-state index < -0.39 is 0 Å². The Morgan fingerprint density at radius 3 is 2.71 bits per heavy atom. The summed E-state index contributed by atoms with van der Waals surface area (Å²) in [5.41, 5.74) is 12.0. The number of anilines is 1. The van der Waals surface area contributed by atoms with Crippen molar-refractivity contribution in [1.82, 2.24) is 4.90 Å². The van der Waals surface area contributed by atoms with Gasteiger partial charge in [0.1, 0.15) is 0 Å². The number of morpholine rings is 1. The number of benzene rings is 2. The molecule has 2 aromatic rings. The van der Waals surface area contributed by atoms with Crippen molar-refractivity contribution < 1.29 is 4.74 Å². The lowest BCUT2D eigenvalue weighted by atomic mass is 10.1. The Balaban J connectivity index is 0.00000280. The highest BCUT2D eigenvalue weighted by Crippen LogP contribution is 2.15. The molecule has 1 unspecified atom stereocenters. The molecule has 0 aromatic heterocycles. The van der Waals surface area contributed by atoms with Crippen LogP contribution in [-0.4, -0.2) is 36.7 Å². The Morgan fingerprint density at radius 2 is 1.96 bits per heavy atom. The number of nitrogens with one attached hydrogen (secondary N) is 1. The number of rotatable bonds is 5. The number of nitrogens with two attached hydrogens (primary N) is 1. The highest BCUT2D eigenvalue weighted by molar-refractivity contribution is 14.0. The zero-order valence-electron chi connectivity index (χ0n) is 16.9. The minimum Gasteiger partial charge on any atom is -0.376 e. The highest BCUT2D eigenvalue weighted by Gasteiger charge is 2.16. The summed E-state index contributed by atoms with van der Waals surface area (Å²) in [4.78, 5) is 6.93. The standard InChI is InChI=1S/C22H30N4O.HI/c1-16-7-8-21(11-17(16)2)25-22(23)24-13-19-5-4-6-20(12-19)15-26-9-10-27-18(3)14-26;/h4-8,11-12,18H,9-10,13-15H2,1-3H3,(H3,23,24,25);1H. The molecule has 1 aliphatic rings. The third-order valence-electron chi connectivity index (χ3n) is 4.93. The van der Waals surface area contributed by atoms with Gasteiger partial charge in [-0.2, -0.15) is 0 Å². The van der Waals surface area contributed by atoms with E-state index in [-0.39, 0.29) is 24.0 Å². The number of aryl methyl sites for hydroxylation is 2. The summed E-state index contributed by atoms with van der Waals surface area (Å²) in [5, 5.41) is 3.17. The highest BCUT2D eigenvalue weighted by atomic mass is 127. The zero-order valence-corrected chi connectivity index (χ0v) is 19.3. The Kier molecular flexibility index (Phi) is 8.72. The first-order chi connectivity index (χ1) is 13.0. The summed E-state index contributed by atoms with van der Waals surface area (Å²) in [6.07, 6.45) is 0.308. The molecule has 2 aromatic carbocycles. The first-order valence-corrected chi connectivity index (χ1v) is 9.55. The van der Waals surface area contributed by atoms with Crippen molar-refractivity contribution in [2.75, 3.05) is 25.0 Å². The average molecular weight is 494 g/mol.